The second kappa shape index (κ2) is 4.01. The Morgan fingerprint density at radius 2 is 2.14 bits per heavy atom. The number of allylic oxidation sites excluding steroid dienone is 2. The molecule has 1 aliphatic rings. The molecule has 0 bridgehead atoms. The van der Waals surface area contributed by atoms with Crippen LogP contribution in [0.2, 0.25) is 0 Å². The van der Waals surface area contributed by atoms with Gasteiger partial charge in [0.2, 0.25) is 0 Å². The molecule has 2 heteroatoms. The van der Waals surface area contributed by atoms with Gasteiger partial charge in [0.05, 0.1) is 13.4 Å². The Balaban J connectivity index is 2.39. The number of benzene rings is 1. The van der Waals surface area contributed by atoms with Gasteiger partial charge in [-0.1, -0.05) is 24.3 Å². The summed E-state index contributed by atoms with van der Waals surface area (Å²) in [6, 6.07) is 7.95. The van der Waals surface area contributed by atoms with Gasteiger partial charge in [0.15, 0.2) is 0 Å². The van der Waals surface area contributed by atoms with E-state index in [-0.39, 0.29) is 0 Å². The minimum atomic E-state index is 0.608. The fraction of sp³-hybridized carbons (Fsp3) is 0.167. The smallest absolute Gasteiger partial charge is 0.126 e. The zero-order valence-electron chi connectivity index (χ0n) is 8.07. The summed E-state index contributed by atoms with van der Waals surface area (Å²) in [4.78, 5) is 0. The van der Waals surface area contributed by atoms with Gasteiger partial charge in [0.1, 0.15) is 12.4 Å². The molecule has 72 valence electrons. The maximum atomic E-state index is 5.28. The predicted molar refractivity (Wildman–Crippen MR) is 56.1 cm³/mol. The maximum Gasteiger partial charge on any atom is 0.126 e. The summed E-state index contributed by atoms with van der Waals surface area (Å²) in [7, 11) is 1.68. The quantitative estimate of drug-likeness (QED) is 0.710. The average Bonchev–Trinajstić information content (AvgIpc) is 2.30. The van der Waals surface area contributed by atoms with Crippen LogP contribution in [0.5, 0.6) is 5.75 Å². The molecule has 0 aromatic heterocycles. The van der Waals surface area contributed by atoms with E-state index in [4.69, 9.17) is 9.47 Å². The normalized spacial score (nSPS) is 14.5. The maximum absolute atomic E-state index is 5.28. The molecule has 0 saturated carbocycles. The monoisotopic (exact) mass is 188 g/mol. The summed E-state index contributed by atoms with van der Waals surface area (Å²) < 4.78 is 10.5. The van der Waals surface area contributed by atoms with Crippen molar-refractivity contribution in [2.75, 3.05) is 13.7 Å². The van der Waals surface area contributed by atoms with Gasteiger partial charge in [0, 0.05) is 11.1 Å². The van der Waals surface area contributed by atoms with Crippen molar-refractivity contribution < 1.29 is 9.47 Å². The molecular weight excluding hydrogens is 176 g/mol. The zero-order valence-corrected chi connectivity index (χ0v) is 8.07. The number of rotatable bonds is 2. The molecule has 2 nitrogen and oxygen atoms in total. The van der Waals surface area contributed by atoms with Gasteiger partial charge in [-0.05, 0) is 12.1 Å². The minimum Gasteiger partial charge on any atom is -0.496 e. The largest absolute Gasteiger partial charge is 0.496 e. The summed E-state index contributed by atoms with van der Waals surface area (Å²) in [6.45, 7) is 0.608. The highest BCUT2D eigenvalue weighted by molar-refractivity contribution is 5.72. The van der Waals surface area contributed by atoms with E-state index >= 15 is 0 Å². The molecule has 2 rings (SSSR count). The van der Waals surface area contributed by atoms with Crippen LogP contribution in [-0.4, -0.2) is 13.7 Å². The van der Waals surface area contributed by atoms with Crippen LogP contribution in [0, 0.1) is 0 Å². The lowest BCUT2D eigenvalue weighted by atomic mass is 10.0. The second-order valence-electron chi connectivity index (χ2n) is 3.03. The van der Waals surface area contributed by atoms with Crippen molar-refractivity contribution in [3.8, 4) is 5.75 Å². The molecule has 0 unspecified atom stereocenters. The van der Waals surface area contributed by atoms with Gasteiger partial charge >= 0.3 is 0 Å². The Labute approximate surface area is 83.5 Å². The van der Waals surface area contributed by atoms with E-state index in [0.717, 1.165) is 16.9 Å². The molecule has 0 N–H and O–H groups in total. The van der Waals surface area contributed by atoms with E-state index in [1.807, 2.05) is 36.4 Å². The van der Waals surface area contributed by atoms with Crippen molar-refractivity contribution in [3.63, 3.8) is 0 Å². The van der Waals surface area contributed by atoms with Gasteiger partial charge in [-0.25, -0.2) is 0 Å². The molecule has 14 heavy (non-hydrogen) atoms. The molecule has 0 aliphatic carbocycles. The number of para-hydroxylation sites is 1. The van der Waals surface area contributed by atoms with Crippen LogP contribution >= 0.6 is 0 Å². The van der Waals surface area contributed by atoms with E-state index in [9.17, 15) is 0 Å². The van der Waals surface area contributed by atoms with Crippen LogP contribution in [0.1, 0.15) is 5.56 Å². The van der Waals surface area contributed by atoms with E-state index in [0.29, 0.717) is 6.61 Å². The number of hydrogen-bond donors (Lipinski definition) is 0. The van der Waals surface area contributed by atoms with E-state index in [1.165, 1.54) is 0 Å². The molecule has 0 spiro atoms. The Hall–Kier alpha value is -1.70. The second-order valence-corrected chi connectivity index (χ2v) is 3.03. The molecule has 0 amide bonds. The lowest BCUT2D eigenvalue weighted by Crippen LogP contribution is -1.99. The fourth-order valence-corrected chi connectivity index (χ4v) is 1.47. The van der Waals surface area contributed by atoms with E-state index in [1.54, 1.807) is 13.4 Å². The first kappa shape index (κ1) is 8.88. The summed E-state index contributed by atoms with van der Waals surface area (Å²) in [6.07, 6.45) is 5.63. The minimum absolute atomic E-state index is 0.608. The summed E-state index contributed by atoms with van der Waals surface area (Å²) in [5.41, 5.74) is 2.24. The van der Waals surface area contributed by atoms with Crippen molar-refractivity contribution in [1.82, 2.24) is 0 Å². The number of hydrogen-bond acceptors (Lipinski definition) is 2. The highest BCUT2D eigenvalue weighted by Gasteiger charge is 2.08. The van der Waals surface area contributed by atoms with Crippen molar-refractivity contribution in [3.05, 3.63) is 48.2 Å². The van der Waals surface area contributed by atoms with Crippen LogP contribution in [0.15, 0.2) is 42.7 Å². The van der Waals surface area contributed by atoms with Gasteiger partial charge in [-0.3, -0.25) is 0 Å². The molecule has 0 atom stereocenters. The highest BCUT2D eigenvalue weighted by Crippen LogP contribution is 2.26. The van der Waals surface area contributed by atoms with Crippen LogP contribution in [0.25, 0.3) is 5.57 Å². The van der Waals surface area contributed by atoms with E-state index < -0.39 is 0 Å². The van der Waals surface area contributed by atoms with Gasteiger partial charge in [-0.2, -0.15) is 0 Å². The number of ether oxygens (including phenoxy) is 2. The SMILES string of the molecule is COc1ccccc1C1=CC=COC1. The third-order valence-electron chi connectivity index (χ3n) is 2.16. The summed E-state index contributed by atoms with van der Waals surface area (Å²) in [5, 5.41) is 0. The lowest BCUT2D eigenvalue weighted by molar-refractivity contribution is 0.292. The van der Waals surface area contributed by atoms with Crippen LogP contribution in [-0.2, 0) is 4.74 Å². The summed E-state index contributed by atoms with van der Waals surface area (Å²) in [5.74, 6) is 0.887. The van der Waals surface area contributed by atoms with Crippen LogP contribution in [0.4, 0.5) is 0 Å². The summed E-state index contributed by atoms with van der Waals surface area (Å²) >= 11 is 0. The van der Waals surface area contributed by atoms with Crippen molar-refractivity contribution in [1.29, 1.82) is 0 Å². The Bertz CT molecular complexity index is 378. The van der Waals surface area contributed by atoms with Crippen molar-refractivity contribution in [2.24, 2.45) is 0 Å². The Kier molecular flexibility index (Phi) is 2.54. The molecule has 1 aromatic rings. The molecule has 0 fully saturated rings. The molecule has 0 radical (unpaired) electrons. The topological polar surface area (TPSA) is 18.5 Å². The predicted octanol–water partition coefficient (Wildman–Crippen LogP) is 2.62. The van der Waals surface area contributed by atoms with Crippen LogP contribution in [0.3, 0.4) is 0 Å². The standard InChI is InChI=1S/C12H12O2/c1-13-12-7-3-2-6-11(12)10-5-4-8-14-9-10/h2-8H,9H2,1H3. The van der Waals surface area contributed by atoms with Gasteiger partial charge < -0.3 is 9.47 Å². The van der Waals surface area contributed by atoms with Crippen molar-refractivity contribution in [2.45, 2.75) is 0 Å². The third-order valence-corrected chi connectivity index (χ3v) is 2.16. The molecular formula is C12H12O2. The highest BCUT2D eigenvalue weighted by atomic mass is 16.5. The third kappa shape index (κ3) is 1.64. The first-order chi connectivity index (χ1) is 6.92. The van der Waals surface area contributed by atoms with Crippen LogP contribution < -0.4 is 4.74 Å². The number of methoxy groups -OCH3 is 1. The first-order valence-electron chi connectivity index (χ1n) is 4.52. The molecule has 1 heterocycles. The Morgan fingerprint density at radius 3 is 2.86 bits per heavy atom. The fourth-order valence-electron chi connectivity index (χ4n) is 1.47. The average molecular weight is 188 g/mol. The van der Waals surface area contributed by atoms with E-state index in [2.05, 4.69) is 0 Å². The zero-order chi connectivity index (χ0) is 9.80. The molecule has 1 aliphatic heterocycles. The van der Waals surface area contributed by atoms with Gasteiger partial charge in [0.25, 0.3) is 0 Å². The Morgan fingerprint density at radius 1 is 1.29 bits per heavy atom. The van der Waals surface area contributed by atoms with Crippen molar-refractivity contribution >= 4 is 5.57 Å². The lowest BCUT2D eigenvalue weighted by Gasteiger charge is -2.13. The molecule has 0 saturated heterocycles. The molecule has 1 aromatic carbocycles. The van der Waals surface area contributed by atoms with Gasteiger partial charge in [-0.15, -0.1) is 0 Å². The first-order valence-corrected chi connectivity index (χ1v) is 4.52.